The Bertz CT molecular complexity index is 1520. The first-order valence-corrected chi connectivity index (χ1v) is 19.9. The van der Waals surface area contributed by atoms with E-state index in [4.69, 9.17) is 14.3 Å². The molecular weight excluding hydrogens is 581 g/mol. The summed E-state index contributed by atoms with van der Waals surface area (Å²) in [5.41, 5.74) is 2.91. The number of primary sulfonamides is 1. The van der Waals surface area contributed by atoms with Crippen LogP contribution in [-0.4, -0.2) is 41.3 Å². The summed E-state index contributed by atoms with van der Waals surface area (Å²) in [6, 6.07) is 12.2. The van der Waals surface area contributed by atoms with Gasteiger partial charge in [-0.3, -0.25) is 9.59 Å². The topological polar surface area (TPSA) is 125 Å². The van der Waals surface area contributed by atoms with Crippen molar-refractivity contribution >= 4 is 30.2 Å². The van der Waals surface area contributed by atoms with Gasteiger partial charge in [-0.05, 0) is 116 Å². The SMILES string of the molecule is CC(C)(C)[Si](C)(C)Oc1ccc2c(c1)CCC1C2CC[C@@]2(C)C1CC[C@@H]2OC(=O)CNC(=O)c1cccc(S(N)(=O)=O)c1. The summed E-state index contributed by atoms with van der Waals surface area (Å²) in [5.74, 6) is 1.53. The van der Waals surface area contributed by atoms with Gasteiger partial charge < -0.3 is 14.5 Å². The van der Waals surface area contributed by atoms with Gasteiger partial charge in [0.2, 0.25) is 18.3 Å². The molecule has 1 amide bonds. The van der Waals surface area contributed by atoms with E-state index < -0.39 is 30.2 Å². The summed E-state index contributed by atoms with van der Waals surface area (Å²) >= 11 is 0. The van der Waals surface area contributed by atoms with Crippen LogP contribution in [0, 0.1) is 17.3 Å². The van der Waals surface area contributed by atoms with E-state index in [0.717, 1.165) is 44.3 Å². The normalized spacial score (nSPS) is 27.0. The molecule has 2 aromatic rings. The molecule has 234 valence electrons. The van der Waals surface area contributed by atoms with Gasteiger partial charge in [0.25, 0.3) is 5.91 Å². The first kappa shape index (κ1) is 31.7. The number of rotatable bonds is 7. The average molecular weight is 627 g/mol. The number of ether oxygens (including phenoxy) is 1. The van der Waals surface area contributed by atoms with Gasteiger partial charge in [-0.1, -0.05) is 39.8 Å². The Hall–Kier alpha value is -2.69. The molecule has 0 bridgehead atoms. The maximum atomic E-state index is 12.9. The third-order valence-electron chi connectivity index (χ3n) is 10.9. The number of hydrogen-bond acceptors (Lipinski definition) is 6. The molecule has 5 rings (SSSR count). The van der Waals surface area contributed by atoms with Crippen LogP contribution in [0.2, 0.25) is 18.1 Å². The van der Waals surface area contributed by atoms with Crippen LogP contribution in [0.3, 0.4) is 0 Å². The maximum absolute atomic E-state index is 12.9. The van der Waals surface area contributed by atoms with Gasteiger partial charge in [0.15, 0.2) is 0 Å². The number of fused-ring (bicyclic) bond motifs is 5. The van der Waals surface area contributed by atoms with Crippen molar-refractivity contribution < 1.29 is 27.2 Å². The summed E-state index contributed by atoms with van der Waals surface area (Å²) in [4.78, 5) is 25.3. The van der Waals surface area contributed by atoms with E-state index >= 15 is 0 Å². The molecular formula is C33H46N2O6SSi. The highest BCUT2D eigenvalue weighted by atomic mass is 32.2. The Morgan fingerprint density at radius 3 is 2.51 bits per heavy atom. The molecule has 0 radical (unpaired) electrons. The second-order valence-corrected chi connectivity index (χ2v) is 20.8. The zero-order chi connectivity index (χ0) is 31.4. The fourth-order valence-electron chi connectivity index (χ4n) is 7.48. The van der Waals surface area contributed by atoms with E-state index in [1.807, 2.05) is 0 Å². The van der Waals surface area contributed by atoms with Crippen molar-refractivity contribution in [2.24, 2.45) is 22.4 Å². The molecule has 0 aliphatic heterocycles. The third kappa shape index (κ3) is 6.28. The predicted molar refractivity (Wildman–Crippen MR) is 169 cm³/mol. The van der Waals surface area contributed by atoms with E-state index in [2.05, 4.69) is 64.3 Å². The Morgan fingerprint density at radius 1 is 1.07 bits per heavy atom. The van der Waals surface area contributed by atoms with Crippen LogP contribution in [0.15, 0.2) is 47.4 Å². The zero-order valence-corrected chi connectivity index (χ0v) is 28.1. The third-order valence-corrected chi connectivity index (χ3v) is 16.2. The molecule has 0 aromatic heterocycles. The quantitative estimate of drug-likeness (QED) is 0.291. The molecule has 2 saturated carbocycles. The highest BCUT2D eigenvalue weighted by Crippen LogP contribution is 2.61. The van der Waals surface area contributed by atoms with Crippen molar-refractivity contribution in [3.63, 3.8) is 0 Å². The highest BCUT2D eigenvalue weighted by molar-refractivity contribution is 7.89. The van der Waals surface area contributed by atoms with Gasteiger partial charge in [-0.25, -0.2) is 13.6 Å². The fraction of sp³-hybridized carbons (Fsp3) is 0.576. The number of amides is 1. The van der Waals surface area contributed by atoms with Crippen LogP contribution in [0.5, 0.6) is 5.75 Å². The van der Waals surface area contributed by atoms with E-state index in [1.165, 1.54) is 35.4 Å². The first-order chi connectivity index (χ1) is 20.0. The summed E-state index contributed by atoms with van der Waals surface area (Å²) in [7, 11) is -5.84. The molecule has 5 atom stereocenters. The van der Waals surface area contributed by atoms with E-state index in [-0.39, 0.29) is 33.6 Å². The Kier molecular flexibility index (Phi) is 8.37. The molecule has 10 heteroatoms. The molecule has 2 aromatic carbocycles. The number of benzene rings is 2. The summed E-state index contributed by atoms with van der Waals surface area (Å²) in [6.07, 6.45) is 5.91. The van der Waals surface area contributed by atoms with Crippen LogP contribution in [0.1, 0.15) is 87.2 Å². The maximum Gasteiger partial charge on any atom is 0.325 e. The minimum absolute atomic E-state index is 0.0897. The molecule has 0 saturated heterocycles. The molecule has 43 heavy (non-hydrogen) atoms. The van der Waals surface area contributed by atoms with Crippen molar-refractivity contribution in [3.8, 4) is 5.75 Å². The Balaban J connectivity index is 1.21. The number of nitrogens with two attached hydrogens (primary N) is 1. The monoisotopic (exact) mass is 626 g/mol. The van der Waals surface area contributed by atoms with Crippen molar-refractivity contribution in [2.45, 2.75) is 101 Å². The van der Waals surface area contributed by atoms with Crippen molar-refractivity contribution in [1.29, 1.82) is 0 Å². The first-order valence-electron chi connectivity index (χ1n) is 15.4. The van der Waals surface area contributed by atoms with Gasteiger partial charge in [0.1, 0.15) is 18.4 Å². The molecule has 0 heterocycles. The Labute approximate surface area is 257 Å². The van der Waals surface area contributed by atoms with Gasteiger partial charge in [-0.2, -0.15) is 0 Å². The van der Waals surface area contributed by atoms with Crippen LogP contribution in [0.25, 0.3) is 0 Å². The molecule has 8 nitrogen and oxygen atoms in total. The second kappa shape index (κ2) is 11.3. The molecule has 3 unspecified atom stereocenters. The van der Waals surface area contributed by atoms with E-state index in [0.29, 0.717) is 17.8 Å². The Morgan fingerprint density at radius 2 is 1.81 bits per heavy atom. The van der Waals surface area contributed by atoms with Gasteiger partial charge >= 0.3 is 5.97 Å². The number of esters is 1. The van der Waals surface area contributed by atoms with Crippen molar-refractivity contribution in [1.82, 2.24) is 5.32 Å². The molecule has 3 aliphatic rings. The van der Waals surface area contributed by atoms with Gasteiger partial charge in [-0.15, -0.1) is 0 Å². The van der Waals surface area contributed by atoms with E-state index in [9.17, 15) is 18.0 Å². The minimum Gasteiger partial charge on any atom is -0.543 e. The minimum atomic E-state index is -3.94. The number of hydrogen-bond donors (Lipinski definition) is 2. The van der Waals surface area contributed by atoms with Crippen LogP contribution >= 0.6 is 0 Å². The van der Waals surface area contributed by atoms with Crippen LogP contribution < -0.4 is 14.9 Å². The van der Waals surface area contributed by atoms with Gasteiger partial charge in [0, 0.05) is 11.0 Å². The van der Waals surface area contributed by atoms with Crippen molar-refractivity contribution in [3.05, 3.63) is 59.2 Å². The van der Waals surface area contributed by atoms with Crippen molar-refractivity contribution in [2.75, 3.05) is 6.54 Å². The summed E-state index contributed by atoms with van der Waals surface area (Å²) in [5, 5.41) is 7.88. The van der Waals surface area contributed by atoms with E-state index in [1.54, 1.807) is 0 Å². The standard InChI is InChI=1S/C33H46N2O6SSi/c1-32(2,3)43(5,6)41-23-11-13-25-21(18-23)10-12-27-26(25)16-17-33(4)28(27)14-15-29(33)40-30(36)20-35-31(37)22-8-7-9-24(19-22)42(34,38)39/h7-9,11,13,18-19,26-29H,10,12,14-17,20H2,1-6H3,(H,35,37)(H2,34,38,39)/t26?,27?,28?,29-,33-/m0/s1. The lowest BCUT2D eigenvalue weighted by atomic mass is 9.55. The zero-order valence-electron chi connectivity index (χ0n) is 26.2. The largest absolute Gasteiger partial charge is 0.543 e. The molecule has 2 fully saturated rings. The lowest BCUT2D eigenvalue weighted by molar-refractivity contribution is -0.156. The predicted octanol–water partition coefficient (Wildman–Crippen LogP) is 5.92. The molecule has 3 aliphatic carbocycles. The number of nitrogens with one attached hydrogen (secondary N) is 1. The summed E-state index contributed by atoms with van der Waals surface area (Å²) < 4.78 is 35.9. The number of sulfonamides is 1. The van der Waals surface area contributed by atoms with Crippen LogP contribution in [0.4, 0.5) is 0 Å². The average Bonchev–Trinajstić information content (AvgIpc) is 3.26. The number of carbonyl (C=O) groups is 2. The summed E-state index contributed by atoms with van der Waals surface area (Å²) in [6.45, 7) is 13.4. The lowest BCUT2D eigenvalue weighted by Crippen LogP contribution is -2.46. The number of carbonyl (C=O) groups excluding carboxylic acids is 2. The smallest absolute Gasteiger partial charge is 0.325 e. The lowest BCUT2D eigenvalue weighted by Gasteiger charge is -2.50. The van der Waals surface area contributed by atoms with Crippen LogP contribution in [-0.2, 0) is 26.0 Å². The second-order valence-electron chi connectivity index (χ2n) is 14.5. The van der Waals surface area contributed by atoms with Gasteiger partial charge in [0.05, 0.1) is 4.90 Å². The highest BCUT2D eigenvalue weighted by Gasteiger charge is 2.56. The molecule has 3 N–H and O–H groups in total. The molecule has 0 spiro atoms. The fourth-order valence-corrected chi connectivity index (χ4v) is 9.07. The number of aryl methyl sites for hydroxylation is 1.